The second kappa shape index (κ2) is 10.0. The zero-order chi connectivity index (χ0) is 25.2. The van der Waals surface area contributed by atoms with Gasteiger partial charge in [-0.25, -0.2) is 0 Å². The van der Waals surface area contributed by atoms with Gasteiger partial charge in [0.1, 0.15) is 18.5 Å². The van der Waals surface area contributed by atoms with E-state index in [1.54, 1.807) is 12.1 Å². The Balaban J connectivity index is 1.12. The third-order valence-corrected chi connectivity index (χ3v) is 6.96. The molecule has 2 amide bonds. The number of β-amino-alcohol motifs (C(OH)–C–C–N with tert-alkyl or cyclic N) is 1. The van der Waals surface area contributed by atoms with Gasteiger partial charge in [0.25, 0.3) is 17.5 Å². The molecule has 1 fully saturated rings. The molecule has 0 radical (unpaired) electrons. The van der Waals surface area contributed by atoms with E-state index in [0.717, 1.165) is 36.7 Å². The fourth-order valence-corrected chi connectivity index (χ4v) is 5.06. The molecule has 1 saturated heterocycles. The second-order valence-electron chi connectivity index (χ2n) is 9.39. The van der Waals surface area contributed by atoms with Crippen molar-refractivity contribution < 1.29 is 24.4 Å². The van der Waals surface area contributed by atoms with Gasteiger partial charge in [0.2, 0.25) is 0 Å². The molecular weight excluding hydrogens is 462 g/mol. The lowest BCUT2D eigenvalue weighted by Gasteiger charge is -2.36. The summed E-state index contributed by atoms with van der Waals surface area (Å²) in [4.78, 5) is 40.1. The van der Waals surface area contributed by atoms with Gasteiger partial charge in [0.15, 0.2) is 0 Å². The van der Waals surface area contributed by atoms with Crippen molar-refractivity contribution in [2.24, 2.45) is 5.92 Å². The van der Waals surface area contributed by atoms with E-state index in [0.29, 0.717) is 30.0 Å². The van der Waals surface area contributed by atoms with Crippen LogP contribution in [0.15, 0.2) is 60.7 Å². The zero-order valence-corrected chi connectivity index (χ0v) is 19.7. The lowest BCUT2D eigenvalue weighted by Crippen LogP contribution is -2.46. The number of carbonyl (C=O) groups excluding carboxylic acids is 2. The quantitative estimate of drug-likeness (QED) is 0.293. The average Bonchev–Trinajstić information content (AvgIpc) is 2.89. The number of aliphatic hydroxyl groups excluding tert-OH is 1. The molecule has 0 saturated carbocycles. The standard InChI is InChI=1S/C27H27N3O6/c31-21(17-36-22-9-7-20(8-10-22)30(34)35)16-28-13-11-18(12-14-28)15-29-26(32)23-5-1-3-19-4-2-6-24(25(19)23)27(29)33/h1-10,18,21,31H,11-17H2/t21-/m0/s1. The third-order valence-electron chi connectivity index (χ3n) is 6.96. The van der Waals surface area contributed by atoms with Crippen LogP contribution in [0.25, 0.3) is 10.8 Å². The molecule has 2 heterocycles. The Morgan fingerprint density at radius 2 is 1.58 bits per heavy atom. The summed E-state index contributed by atoms with van der Waals surface area (Å²) in [6, 6.07) is 16.9. The van der Waals surface area contributed by atoms with Crippen molar-refractivity contribution in [3.63, 3.8) is 0 Å². The minimum Gasteiger partial charge on any atom is -0.491 e. The number of piperidine rings is 1. The number of rotatable bonds is 8. The Morgan fingerprint density at radius 1 is 0.972 bits per heavy atom. The lowest BCUT2D eigenvalue weighted by molar-refractivity contribution is -0.384. The van der Waals surface area contributed by atoms with E-state index in [2.05, 4.69) is 4.90 Å². The number of non-ortho nitro benzene ring substituents is 1. The van der Waals surface area contributed by atoms with Crippen molar-refractivity contribution in [1.29, 1.82) is 0 Å². The van der Waals surface area contributed by atoms with E-state index in [1.165, 1.54) is 29.2 Å². The van der Waals surface area contributed by atoms with Crippen molar-refractivity contribution in [2.75, 3.05) is 32.8 Å². The van der Waals surface area contributed by atoms with Crippen molar-refractivity contribution in [3.05, 3.63) is 81.9 Å². The molecule has 0 spiro atoms. The van der Waals surface area contributed by atoms with Gasteiger partial charge in [0, 0.05) is 41.7 Å². The minimum atomic E-state index is -0.709. The number of nitro benzene ring substituents is 1. The second-order valence-corrected chi connectivity index (χ2v) is 9.39. The van der Waals surface area contributed by atoms with Crippen LogP contribution in [0.2, 0.25) is 0 Å². The van der Waals surface area contributed by atoms with Gasteiger partial charge >= 0.3 is 0 Å². The van der Waals surface area contributed by atoms with Crippen molar-refractivity contribution in [2.45, 2.75) is 18.9 Å². The van der Waals surface area contributed by atoms with Crippen LogP contribution in [0, 0.1) is 16.0 Å². The molecule has 2 aliphatic rings. The molecule has 2 aliphatic heterocycles. The fraction of sp³-hybridized carbons (Fsp3) is 0.333. The average molecular weight is 490 g/mol. The van der Waals surface area contributed by atoms with E-state index < -0.39 is 11.0 Å². The van der Waals surface area contributed by atoms with Gasteiger partial charge in [-0.05, 0) is 61.5 Å². The number of nitro groups is 1. The SMILES string of the molecule is O=C1c2cccc3cccc(c23)C(=O)N1CC1CCN(C[C@H](O)COc2ccc([N+](=O)[O-])cc2)CC1. The van der Waals surface area contributed by atoms with E-state index in [9.17, 15) is 24.8 Å². The van der Waals surface area contributed by atoms with Gasteiger partial charge in [-0.3, -0.25) is 24.6 Å². The molecule has 0 unspecified atom stereocenters. The van der Waals surface area contributed by atoms with E-state index >= 15 is 0 Å². The third kappa shape index (κ3) is 4.80. The molecule has 0 aromatic heterocycles. The molecule has 186 valence electrons. The van der Waals surface area contributed by atoms with Crippen molar-refractivity contribution in [3.8, 4) is 5.75 Å². The van der Waals surface area contributed by atoms with Gasteiger partial charge < -0.3 is 14.7 Å². The Kier molecular flexibility index (Phi) is 6.67. The Hall–Kier alpha value is -3.82. The smallest absolute Gasteiger partial charge is 0.269 e. The number of carbonyl (C=O) groups is 2. The lowest BCUT2D eigenvalue weighted by atomic mass is 9.91. The highest BCUT2D eigenvalue weighted by molar-refractivity contribution is 6.25. The summed E-state index contributed by atoms with van der Waals surface area (Å²) in [5.74, 6) is 0.203. The van der Waals surface area contributed by atoms with Crippen LogP contribution in [0.3, 0.4) is 0 Å². The zero-order valence-electron chi connectivity index (χ0n) is 19.7. The Bertz CT molecular complexity index is 1250. The molecule has 36 heavy (non-hydrogen) atoms. The number of benzene rings is 3. The van der Waals surface area contributed by atoms with E-state index in [-0.39, 0.29) is 30.0 Å². The summed E-state index contributed by atoms with van der Waals surface area (Å²) in [6.45, 7) is 2.42. The predicted octanol–water partition coefficient (Wildman–Crippen LogP) is 3.50. The number of amides is 2. The van der Waals surface area contributed by atoms with E-state index in [1.807, 2.05) is 24.3 Å². The molecule has 1 atom stereocenters. The van der Waals surface area contributed by atoms with Crippen LogP contribution in [0.5, 0.6) is 5.75 Å². The number of hydrogen-bond donors (Lipinski definition) is 1. The first-order chi connectivity index (χ1) is 17.4. The van der Waals surface area contributed by atoms with Gasteiger partial charge in [-0.1, -0.05) is 24.3 Å². The first-order valence-electron chi connectivity index (χ1n) is 12.1. The van der Waals surface area contributed by atoms with Crippen molar-refractivity contribution in [1.82, 2.24) is 9.80 Å². The number of hydrogen-bond acceptors (Lipinski definition) is 7. The van der Waals surface area contributed by atoms with Crippen LogP contribution >= 0.6 is 0 Å². The van der Waals surface area contributed by atoms with Crippen LogP contribution in [0.4, 0.5) is 5.69 Å². The molecule has 9 heteroatoms. The topological polar surface area (TPSA) is 113 Å². The summed E-state index contributed by atoms with van der Waals surface area (Å²) in [5, 5.41) is 22.8. The summed E-state index contributed by atoms with van der Waals surface area (Å²) in [7, 11) is 0. The fourth-order valence-electron chi connectivity index (χ4n) is 5.06. The number of nitrogens with zero attached hydrogens (tertiary/aromatic N) is 3. The minimum absolute atomic E-state index is 0.0139. The van der Waals surface area contributed by atoms with Crippen LogP contribution in [-0.4, -0.2) is 70.5 Å². The predicted molar refractivity (Wildman–Crippen MR) is 133 cm³/mol. The van der Waals surface area contributed by atoms with Crippen LogP contribution < -0.4 is 4.74 Å². The first-order valence-corrected chi connectivity index (χ1v) is 12.1. The molecular formula is C27H27N3O6. The highest BCUT2D eigenvalue weighted by atomic mass is 16.6. The van der Waals surface area contributed by atoms with Gasteiger partial charge in [0.05, 0.1) is 4.92 Å². The Labute approximate surface area is 208 Å². The molecule has 0 aliphatic carbocycles. The number of imide groups is 1. The molecule has 3 aromatic carbocycles. The summed E-state index contributed by atoms with van der Waals surface area (Å²) < 4.78 is 5.56. The first kappa shape index (κ1) is 23.9. The molecule has 1 N–H and O–H groups in total. The van der Waals surface area contributed by atoms with E-state index in [4.69, 9.17) is 4.74 Å². The van der Waals surface area contributed by atoms with Crippen LogP contribution in [-0.2, 0) is 0 Å². The molecule has 0 bridgehead atoms. The maximum absolute atomic E-state index is 13.2. The maximum Gasteiger partial charge on any atom is 0.269 e. The number of aliphatic hydroxyl groups is 1. The molecule has 9 nitrogen and oxygen atoms in total. The summed E-state index contributed by atoms with van der Waals surface area (Å²) >= 11 is 0. The molecule has 3 aromatic rings. The van der Waals surface area contributed by atoms with Crippen molar-refractivity contribution >= 4 is 28.3 Å². The maximum atomic E-state index is 13.2. The summed E-state index contributed by atoms with van der Waals surface area (Å²) in [5.41, 5.74) is 1.15. The van der Waals surface area contributed by atoms with Gasteiger partial charge in [-0.15, -0.1) is 0 Å². The largest absolute Gasteiger partial charge is 0.491 e. The van der Waals surface area contributed by atoms with Crippen LogP contribution in [0.1, 0.15) is 33.6 Å². The van der Waals surface area contributed by atoms with Gasteiger partial charge in [-0.2, -0.15) is 0 Å². The number of ether oxygens (including phenoxy) is 1. The highest BCUT2D eigenvalue weighted by Gasteiger charge is 2.34. The Morgan fingerprint density at radius 3 is 2.17 bits per heavy atom. The number of likely N-dealkylation sites (tertiary alicyclic amines) is 1. The highest BCUT2D eigenvalue weighted by Crippen LogP contribution is 2.31. The monoisotopic (exact) mass is 489 g/mol. The normalized spacial score (nSPS) is 17.4. The summed E-state index contributed by atoms with van der Waals surface area (Å²) in [6.07, 6.45) is 0.927. The molecule has 5 rings (SSSR count).